The largest absolute Gasteiger partial charge is 0.395 e. The van der Waals surface area contributed by atoms with Crippen LogP contribution in [0.3, 0.4) is 0 Å². The Labute approximate surface area is 122 Å². The van der Waals surface area contributed by atoms with Gasteiger partial charge in [-0.25, -0.2) is 4.98 Å². The van der Waals surface area contributed by atoms with Crippen LogP contribution in [0.25, 0.3) is 10.9 Å². The van der Waals surface area contributed by atoms with Gasteiger partial charge >= 0.3 is 0 Å². The first-order valence-electron chi connectivity index (χ1n) is 6.69. The van der Waals surface area contributed by atoms with Gasteiger partial charge in [0.25, 0.3) is 0 Å². The van der Waals surface area contributed by atoms with Crippen LogP contribution in [0.15, 0.2) is 48.8 Å². The van der Waals surface area contributed by atoms with E-state index in [1.165, 1.54) is 0 Å². The van der Waals surface area contributed by atoms with Crippen molar-refractivity contribution in [1.82, 2.24) is 9.97 Å². The van der Waals surface area contributed by atoms with E-state index in [0.29, 0.717) is 6.54 Å². The second kappa shape index (κ2) is 6.19. The quantitative estimate of drug-likeness (QED) is 0.669. The number of aliphatic hydroxyl groups excluding tert-OH is 1. The minimum atomic E-state index is 0.0871. The smallest absolute Gasteiger partial charge is 0.126 e. The van der Waals surface area contributed by atoms with Crippen molar-refractivity contribution in [3.05, 3.63) is 54.9 Å². The first kappa shape index (κ1) is 13.3. The second-order valence-corrected chi connectivity index (χ2v) is 4.55. The van der Waals surface area contributed by atoms with Gasteiger partial charge in [0.15, 0.2) is 0 Å². The number of aliphatic hydroxyl groups is 1. The fraction of sp³-hybridized carbons (Fsp3) is 0.125. The molecule has 0 fully saturated rings. The molecule has 0 bridgehead atoms. The standard InChI is InChI=1S/C16H15N4O/c21-9-8-18-16-6-4-14(11-19-16)20-13-3-5-15-12(10-13)2-1-7-17-15/h2-7,10-11,20-21H,8-9H2,(H,18,19). The maximum absolute atomic E-state index is 8.75. The lowest BCUT2D eigenvalue weighted by Crippen LogP contribution is -2.06. The van der Waals surface area contributed by atoms with E-state index in [0.717, 1.165) is 28.1 Å². The van der Waals surface area contributed by atoms with Crippen molar-refractivity contribution < 1.29 is 5.11 Å². The zero-order valence-corrected chi connectivity index (χ0v) is 11.4. The van der Waals surface area contributed by atoms with Gasteiger partial charge in [0.1, 0.15) is 5.82 Å². The third-order valence-corrected chi connectivity index (χ3v) is 3.01. The third-order valence-electron chi connectivity index (χ3n) is 3.01. The molecule has 1 radical (unpaired) electrons. The summed E-state index contributed by atoms with van der Waals surface area (Å²) in [5.41, 5.74) is 2.82. The van der Waals surface area contributed by atoms with Gasteiger partial charge in [0.05, 0.1) is 24.0 Å². The zero-order valence-electron chi connectivity index (χ0n) is 11.4. The highest BCUT2D eigenvalue weighted by molar-refractivity contribution is 5.83. The van der Waals surface area contributed by atoms with E-state index >= 15 is 0 Å². The zero-order chi connectivity index (χ0) is 14.5. The molecule has 0 saturated heterocycles. The Morgan fingerprint density at radius 2 is 2.00 bits per heavy atom. The lowest BCUT2D eigenvalue weighted by molar-refractivity contribution is 0.311. The van der Waals surface area contributed by atoms with Gasteiger partial charge in [0, 0.05) is 29.9 Å². The molecule has 0 aliphatic carbocycles. The average molecular weight is 279 g/mol. The number of hydrogen-bond acceptors (Lipinski definition) is 5. The molecule has 1 aromatic carbocycles. The van der Waals surface area contributed by atoms with E-state index in [1.54, 1.807) is 12.4 Å². The SMILES string of the molecule is OCCNc1ccc(Nc2ccc3nc[c]cc3c2)cn1. The average Bonchev–Trinajstić information content (AvgIpc) is 2.54. The van der Waals surface area contributed by atoms with E-state index < -0.39 is 0 Å². The van der Waals surface area contributed by atoms with Crippen LogP contribution in [-0.2, 0) is 0 Å². The Morgan fingerprint density at radius 3 is 2.81 bits per heavy atom. The lowest BCUT2D eigenvalue weighted by Gasteiger charge is -2.08. The molecule has 0 aliphatic rings. The fourth-order valence-electron chi connectivity index (χ4n) is 2.02. The van der Waals surface area contributed by atoms with Crippen LogP contribution < -0.4 is 10.6 Å². The Morgan fingerprint density at radius 1 is 1.10 bits per heavy atom. The summed E-state index contributed by atoms with van der Waals surface area (Å²) in [6, 6.07) is 14.7. The number of anilines is 3. The molecule has 0 unspecified atom stereocenters. The Hall–Kier alpha value is -2.66. The van der Waals surface area contributed by atoms with Crippen molar-refractivity contribution in [2.24, 2.45) is 0 Å². The molecule has 0 spiro atoms. The van der Waals surface area contributed by atoms with Crippen molar-refractivity contribution in [3.8, 4) is 0 Å². The first-order chi connectivity index (χ1) is 10.3. The minimum absolute atomic E-state index is 0.0871. The maximum atomic E-state index is 8.75. The molecule has 0 atom stereocenters. The van der Waals surface area contributed by atoms with Crippen molar-refractivity contribution >= 4 is 28.1 Å². The molecule has 2 heterocycles. The number of nitrogens with one attached hydrogen (secondary N) is 2. The normalized spacial score (nSPS) is 10.5. The van der Waals surface area contributed by atoms with Crippen molar-refractivity contribution in [2.75, 3.05) is 23.8 Å². The van der Waals surface area contributed by atoms with Gasteiger partial charge in [0.2, 0.25) is 0 Å². The van der Waals surface area contributed by atoms with E-state index in [2.05, 4.69) is 26.7 Å². The predicted molar refractivity (Wildman–Crippen MR) is 83.7 cm³/mol. The molecule has 3 aromatic rings. The van der Waals surface area contributed by atoms with Crippen LogP contribution in [0.1, 0.15) is 0 Å². The highest BCUT2D eigenvalue weighted by Gasteiger charge is 1.99. The van der Waals surface area contributed by atoms with E-state index in [1.807, 2.05) is 36.4 Å². The molecule has 0 aliphatic heterocycles. The highest BCUT2D eigenvalue weighted by Crippen LogP contribution is 2.21. The van der Waals surface area contributed by atoms with Crippen LogP contribution >= 0.6 is 0 Å². The summed E-state index contributed by atoms with van der Waals surface area (Å²) in [4.78, 5) is 8.52. The lowest BCUT2D eigenvalue weighted by atomic mass is 10.2. The molecule has 5 heteroatoms. The van der Waals surface area contributed by atoms with Gasteiger partial charge in [-0.05, 0) is 36.4 Å². The molecular weight excluding hydrogens is 264 g/mol. The van der Waals surface area contributed by atoms with Gasteiger partial charge < -0.3 is 15.7 Å². The molecule has 0 amide bonds. The number of fused-ring (bicyclic) bond motifs is 1. The van der Waals surface area contributed by atoms with Crippen molar-refractivity contribution in [3.63, 3.8) is 0 Å². The number of pyridine rings is 2. The van der Waals surface area contributed by atoms with Gasteiger partial charge in [-0.3, -0.25) is 4.98 Å². The van der Waals surface area contributed by atoms with Gasteiger partial charge in [-0.2, -0.15) is 0 Å². The van der Waals surface area contributed by atoms with Gasteiger partial charge in [-0.1, -0.05) is 0 Å². The Bertz CT molecular complexity index is 728. The van der Waals surface area contributed by atoms with E-state index in [-0.39, 0.29) is 6.61 Å². The monoisotopic (exact) mass is 279 g/mol. The van der Waals surface area contributed by atoms with Gasteiger partial charge in [-0.15, -0.1) is 0 Å². The summed E-state index contributed by atoms with van der Waals surface area (Å²) in [7, 11) is 0. The number of aromatic nitrogens is 2. The van der Waals surface area contributed by atoms with Crippen LogP contribution in [0.4, 0.5) is 17.2 Å². The first-order valence-corrected chi connectivity index (χ1v) is 6.69. The summed E-state index contributed by atoms with van der Waals surface area (Å²) >= 11 is 0. The highest BCUT2D eigenvalue weighted by atomic mass is 16.3. The van der Waals surface area contributed by atoms with E-state index in [9.17, 15) is 0 Å². The predicted octanol–water partition coefficient (Wildman–Crippen LogP) is 2.58. The number of rotatable bonds is 5. The van der Waals surface area contributed by atoms with Crippen LogP contribution in [0.2, 0.25) is 0 Å². The van der Waals surface area contributed by atoms with Crippen LogP contribution in [-0.4, -0.2) is 28.2 Å². The topological polar surface area (TPSA) is 70.1 Å². The molecule has 5 nitrogen and oxygen atoms in total. The molecule has 3 N–H and O–H groups in total. The summed E-state index contributed by atoms with van der Waals surface area (Å²) in [5.74, 6) is 0.743. The number of benzene rings is 1. The molecule has 2 aromatic heterocycles. The molecule has 105 valence electrons. The van der Waals surface area contributed by atoms with Crippen molar-refractivity contribution in [2.45, 2.75) is 0 Å². The molecule has 3 rings (SSSR count). The summed E-state index contributed by atoms with van der Waals surface area (Å²) < 4.78 is 0. The second-order valence-electron chi connectivity index (χ2n) is 4.55. The van der Waals surface area contributed by atoms with Crippen LogP contribution in [0, 0.1) is 6.07 Å². The number of nitrogens with zero attached hydrogens (tertiary/aromatic N) is 2. The van der Waals surface area contributed by atoms with E-state index in [4.69, 9.17) is 5.11 Å². The van der Waals surface area contributed by atoms with Crippen LogP contribution in [0.5, 0.6) is 0 Å². The molecule has 21 heavy (non-hydrogen) atoms. The Balaban J connectivity index is 1.75. The fourth-order valence-corrected chi connectivity index (χ4v) is 2.02. The summed E-state index contributed by atoms with van der Waals surface area (Å²) in [6.45, 7) is 0.581. The molecule has 0 saturated carbocycles. The Kier molecular flexibility index (Phi) is 3.93. The van der Waals surface area contributed by atoms with Crippen molar-refractivity contribution in [1.29, 1.82) is 0 Å². The molecular formula is C16H15N4O. The third kappa shape index (κ3) is 3.27. The number of hydrogen-bond donors (Lipinski definition) is 3. The summed E-state index contributed by atoms with van der Waals surface area (Å²) in [5, 5.41) is 16.1. The summed E-state index contributed by atoms with van der Waals surface area (Å²) in [6.07, 6.45) is 3.41. The maximum Gasteiger partial charge on any atom is 0.126 e. The minimum Gasteiger partial charge on any atom is -0.395 e.